The number of carbonyl (C=O) groups is 1. The molecule has 1 rings (SSSR count). The zero-order valence-corrected chi connectivity index (χ0v) is 11.5. The third kappa shape index (κ3) is 5.49. The number of carbonyl (C=O) groups excluding carboxylic acids is 1. The molecule has 0 spiro atoms. The minimum absolute atomic E-state index is 0. The van der Waals surface area contributed by atoms with Crippen LogP contribution in [0.25, 0.3) is 0 Å². The number of nitrogens with two attached hydrogens (primary N) is 1. The summed E-state index contributed by atoms with van der Waals surface area (Å²) in [6.45, 7) is 2.35. The van der Waals surface area contributed by atoms with Gasteiger partial charge in [-0.05, 0) is 24.6 Å². The average molecular weight is 308 g/mol. The van der Waals surface area contributed by atoms with Gasteiger partial charge >= 0.3 is 0 Å². The van der Waals surface area contributed by atoms with Gasteiger partial charge in [0.2, 0.25) is 5.91 Å². The largest absolute Gasteiger partial charge is 0.352 e. The lowest BCUT2D eigenvalue weighted by atomic mass is 10.1. The van der Waals surface area contributed by atoms with Crippen LogP contribution in [0.5, 0.6) is 0 Å². The van der Waals surface area contributed by atoms with Crippen LogP contribution in [0.1, 0.15) is 12.5 Å². The fourth-order valence-corrected chi connectivity index (χ4v) is 1.44. The van der Waals surface area contributed by atoms with Crippen molar-refractivity contribution in [1.29, 1.82) is 0 Å². The molecule has 1 aromatic rings. The van der Waals surface area contributed by atoms with E-state index in [4.69, 9.17) is 5.73 Å². The maximum Gasteiger partial charge on any atom is 0.224 e. The van der Waals surface area contributed by atoms with Crippen LogP contribution in [-0.2, 0) is 11.2 Å². The van der Waals surface area contributed by atoms with Gasteiger partial charge in [-0.2, -0.15) is 0 Å². The van der Waals surface area contributed by atoms with Crippen molar-refractivity contribution in [3.8, 4) is 0 Å². The summed E-state index contributed by atoms with van der Waals surface area (Å²) in [5.41, 5.74) is 6.41. The third-order valence-corrected chi connectivity index (χ3v) is 2.57. The monoisotopic (exact) mass is 306 g/mol. The highest BCUT2D eigenvalue weighted by atomic mass is 79.9. The van der Waals surface area contributed by atoms with Crippen molar-refractivity contribution in [3.05, 3.63) is 34.3 Å². The Morgan fingerprint density at radius 2 is 2.00 bits per heavy atom. The Kier molecular flexibility index (Phi) is 7.38. The molecule has 16 heavy (non-hydrogen) atoms. The van der Waals surface area contributed by atoms with Crippen molar-refractivity contribution in [2.24, 2.45) is 5.73 Å². The highest BCUT2D eigenvalue weighted by Crippen LogP contribution is 2.10. The smallest absolute Gasteiger partial charge is 0.224 e. The Morgan fingerprint density at radius 1 is 1.44 bits per heavy atom. The second-order valence-electron chi connectivity index (χ2n) is 3.51. The van der Waals surface area contributed by atoms with Crippen LogP contribution in [0.3, 0.4) is 0 Å². The summed E-state index contributed by atoms with van der Waals surface area (Å²) in [7, 11) is 0. The number of rotatable bonds is 4. The van der Waals surface area contributed by atoms with E-state index in [0.29, 0.717) is 13.0 Å². The summed E-state index contributed by atoms with van der Waals surface area (Å²) in [5, 5.41) is 2.82. The van der Waals surface area contributed by atoms with Gasteiger partial charge in [0.05, 0.1) is 6.42 Å². The van der Waals surface area contributed by atoms with Crippen LogP contribution in [0.2, 0.25) is 0 Å². The topological polar surface area (TPSA) is 55.1 Å². The van der Waals surface area contributed by atoms with Gasteiger partial charge in [-0.1, -0.05) is 28.1 Å². The van der Waals surface area contributed by atoms with Crippen LogP contribution in [0.15, 0.2) is 28.7 Å². The Bertz CT molecular complexity index is 329. The van der Waals surface area contributed by atoms with Crippen molar-refractivity contribution in [2.75, 3.05) is 6.54 Å². The summed E-state index contributed by atoms with van der Waals surface area (Å²) >= 11 is 3.35. The summed E-state index contributed by atoms with van der Waals surface area (Å²) in [6.07, 6.45) is 0.400. The van der Waals surface area contributed by atoms with Crippen LogP contribution >= 0.6 is 28.3 Å². The van der Waals surface area contributed by atoms with Gasteiger partial charge in [0, 0.05) is 17.1 Å². The summed E-state index contributed by atoms with van der Waals surface area (Å²) in [4.78, 5) is 11.5. The Balaban J connectivity index is 0.00000225. The van der Waals surface area contributed by atoms with Crippen molar-refractivity contribution in [3.63, 3.8) is 0 Å². The molecule has 1 aromatic carbocycles. The molecule has 0 radical (unpaired) electrons. The molecule has 0 unspecified atom stereocenters. The zero-order valence-electron chi connectivity index (χ0n) is 9.07. The Hall–Kier alpha value is -0.580. The molecular weight excluding hydrogens is 291 g/mol. The van der Waals surface area contributed by atoms with E-state index in [1.54, 1.807) is 0 Å². The second-order valence-corrected chi connectivity index (χ2v) is 4.42. The van der Waals surface area contributed by atoms with E-state index < -0.39 is 0 Å². The molecule has 0 saturated carbocycles. The lowest BCUT2D eigenvalue weighted by Crippen LogP contribution is -2.38. The molecule has 3 nitrogen and oxygen atoms in total. The Labute approximate surface area is 110 Å². The highest BCUT2D eigenvalue weighted by molar-refractivity contribution is 9.10. The number of hydrogen-bond acceptors (Lipinski definition) is 2. The first-order valence-corrected chi connectivity index (χ1v) is 5.65. The highest BCUT2D eigenvalue weighted by Gasteiger charge is 2.06. The number of hydrogen-bond donors (Lipinski definition) is 2. The van der Waals surface area contributed by atoms with Crippen molar-refractivity contribution in [1.82, 2.24) is 5.32 Å². The Morgan fingerprint density at radius 3 is 2.50 bits per heavy atom. The number of benzene rings is 1. The van der Waals surface area contributed by atoms with Gasteiger partial charge in [0.25, 0.3) is 0 Å². The van der Waals surface area contributed by atoms with E-state index in [9.17, 15) is 4.79 Å². The van der Waals surface area contributed by atoms with E-state index in [1.165, 1.54) is 0 Å². The van der Waals surface area contributed by atoms with E-state index >= 15 is 0 Å². The lowest BCUT2D eigenvalue weighted by Gasteiger charge is -2.11. The first-order valence-electron chi connectivity index (χ1n) is 4.85. The zero-order chi connectivity index (χ0) is 11.3. The van der Waals surface area contributed by atoms with E-state index in [2.05, 4.69) is 21.2 Å². The molecule has 1 amide bonds. The number of amides is 1. The molecule has 0 bridgehead atoms. The predicted octanol–water partition coefficient (Wildman–Crippen LogP) is 1.88. The molecule has 0 saturated heterocycles. The van der Waals surface area contributed by atoms with Gasteiger partial charge in [-0.25, -0.2) is 0 Å². The van der Waals surface area contributed by atoms with Gasteiger partial charge in [-0.15, -0.1) is 12.4 Å². The van der Waals surface area contributed by atoms with Crippen LogP contribution < -0.4 is 11.1 Å². The maximum absolute atomic E-state index is 11.5. The number of nitrogens with one attached hydrogen (secondary N) is 1. The van der Waals surface area contributed by atoms with Gasteiger partial charge in [-0.3, -0.25) is 4.79 Å². The normalized spacial score (nSPS) is 11.4. The molecule has 0 aliphatic rings. The second kappa shape index (κ2) is 7.65. The molecule has 0 fully saturated rings. The molecule has 0 heterocycles. The first kappa shape index (κ1) is 15.4. The standard InChI is InChI=1S/C11H15BrN2O.ClH/c1-8(7-13)14-11(15)6-9-2-4-10(12)5-3-9;/h2-5,8H,6-7,13H2,1H3,(H,14,15);1H/t8-;/m0./s1. The summed E-state index contributed by atoms with van der Waals surface area (Å²) in [6, 6.07) is 7.74. The minimum atomic E-state index is 0. The summed E-state index contributed by atoms with van der Waals surface area (Å²) in [5.74, 6) is 0.00951. The molecule has 0 aliphatic heterocycles. The molecule has 90 valence electrons. The fraction of sp³-hybridized carbons (Fsp3) is 0.364. The van der Waals surface area contributed by atoms with E-state index in [0.717, 1.165) is 10.0 Å². The minimum Gasteiger partial charge on any atom is -0.352 e. The average Bonchev–Trinajstić information content (AvgIpc) is 2.21. The molecule has 1 atom stereocenters. The maximum atomic E-state index is 11.5. The van der Waals surface area contributed by atoms with Crippen LogP contribution in [0.4, 0.5) is 0 Å². The lowest BCUT2D eigenvalue weighted by molar-refractivity contribution is -0.120. The van der Waals surface area contributed by atoms with E-state index in [1.807, 2.05) is 31.2 Å². The van der Waals surface area contributed by atoms with Gasteiger partial charge in [0.15, 0.2) is 0 Å². The predicted molar refractivity (Wildman–Crippen MR) is 71.8 cm³/mol. The van der Waals surface area contributed by atoms with Gasteiger partial charge in [0.1, 0.15) is 0 Å². The molecule has 0 aliphatic carbocycles. The quantitative estimate of drug-likeness (QED) is 0.892. The SMILES string of the molecule is C[C@@H](CN)NC(=O)Cc1ccc(Br)cc1.Cl. The van der Waals surface area contributed by atoms with Crippen LogP contribution in [-0.4, -0.2) is 18.5 Å². The summed E-state index contributed by atoms with van der Waals surface area (Å²) < 4.78 is 1.02. The molecule has 3 N–H and O–H groups in total. The van der Waals surface area contributed by atoms with Crippen LogP contribution in [0, 0.1) is 0 Å². The first-order chi connectivity index (χ1) is 7.11. The van der Waals surface area contributed by atoms with Crippen molar-refractivity contribution < 1.29 is 4.79 Å². The molecule has 0 aromatic heterocycles. The van der Waals surface area contributed by atoms with Gasteiger partial charge < -0.3 is 11.1 Å². The third-order valence-electron chi connectivity index (χ3n) is 2.04. The van der Waals surface area contributed by atoms with Crippen molar-refractivity contribution in [2.45, 2.75) is 19.4 Å². The molecular formula is C11H16BrClN2O. The fourth-order valence-electron chi connectivity index (χ4n) is 1.17. The number of halogens is 2. The van der Waals surface area contributed by atoms with E-state index in [-0.39, 0.29) is 24.4 Å². The molecule has 5 heteroatoms. The van der Waals surface area contributed by atoms with Crippen molar-refractivity contribution >= 4 is 34.2 Å².